The molecule has 2 heterocycles. The number of nitrogens with zero attached hydrogens (tertiary/aromatic N) is 4. The number of phenols is 1. The summed E-state index contributed by atoms with van der Waals surface area (Å²) in [6.07, 6.45) is 1.67. The minimum Gasteiger partial charge on any atom is -0.504 e. The molecular weight excluding hydrogens is 370 g/mol. The number of benzene rings is 1. The smallest absolute Gasteiger partial charge is 0.166 e. The predicted molar refractivity (Wildman–Crippen MR) is 105 cm³/mol. The first-order valence-corrected chi connectivity index (χ1v) is 8.39. The Balaban J connectivity index is 0.00000261. The standard InChI is InChI=1S/C18H23N5O3.ClH/c1-5-19-15-14-16(22-17(21-14)18(2,3)25)23(10-20-15)9-11-6-7-13(26-4)12(24)8-11;/h6-8,10,19,24-25H,5,9H2,1-4H3;1H. The molecule has 3 N–H and O–H groups in total. The van der Waals surface area contributed by atoms with Crippen LogP contribution in [0, 0.1) is 0 Å². The number of aliphatic hydroxyl groups is 1. The van der Waals surface area contributed by atoms with Crippen LogP contribution in [-0.2, 0) is 12.1 Å². The first-order valence-electron chi connectivity index (χ1n) is 8.39. The third-order valence-electron chi connectivity index (χ3n) is 3.95. The third kappa shape index (κ3) is 4.23. The maximum Gasteiger partial charge on any atom is 0.166 e. The van der Waals surface area contributed by atoms with Crippen LogP contribution in [0.5, 0.6) is 11.5 Å². The van der Waals surface area contributed by atoms with E-state index in [1.54, 1.807) is 32.3 Å². The fourth-order valence-corrected chi connectivity index (χ4v) is 2.65. The molecule has 0 saturated heterocycles. The summed E-state index contributed by atoms with van der Waals surface area (Å²) in [6.45, 7) is 6.41. The molecule has 0 spiro atoms. The normalized spacial score (nSPS) is 11.3. The molecule has 0 saturated carbocycles. The van der Waals surface area contributed by atoms with Crippen molar-refractivity contribution in [1.29, 1.82) is 0 Å². The van der Waals surface area contributed by atoms with Crippen LogP contribution in [0.2, 0.25) is 0 Å². The van der Waals surface area contributed by atoms with Crippen molar-refractivity contribution in [2.45, 2.75) is 32.9 Å². The van der Waals surface area contributed by atoms with Gasteiger partial charge in [-0.05, 0) is 38.5 Å². The van der Waals surface area contributed by atoms with Crippen LogP contribution in [0.25, 0.3) is 11.5 Å². The van der Waals surface area contributed by atoms with E-state index < -0.39 is 5.60 Å². The van der Waals surface area contributed by atoms with Gasteiger partial charge in [-0.2, -0.15) is 0 Å². The zero-order chi connectivity index (χ0) is 18.9. The number of ether oxygens (including phenoxy) is 1. The highest BCUT2D eigenvalue weighted by molar-refractivity contribution is 5.85. The second kappa shape index (κ2) is 7.98. The van der Waals surface area contributed by atoms with E-state index in [2.05, 4.69) is 20.3 Å². The fraction of sp³-hybridized carbons (Fsp3) is 0.389. The summed E-state index contributed by atoms with van der Waals surface area (Å²) in [5, 5.41) is 23.4. The summed E-state index contributed by atoms with van der Waals surface area (Å²) in [4.78, 5) is 13.4. The van der Waals surface area contributed by atoms with Gasteiger partial charge in [0, 0.05) is 6.54 Å². The highest BCUT2D eigenvalue weighted by Crippen LogP contribution is 2.31. The lowest BCUT2D eigenvalue weighted by Crippen LogP contribution is -2.17. The average Bonchev–Trinajstić information content (AvgIpc) is 3.04. The summed E-state index contributed by atoms with van der Waals surface area (Å²) in [5.41, 5.74) is 0.309. The Morgan fingerprint density at radius 3 is 2.59 bits per heavy atom. The monoisotopic (exact) mass is 393 g/mol. The van der Waals surface area contributed by atoms with Crippen LogP contribution in [0.15, 0.2) is 24.5 Å². The van der Waals surface area contributed by atoms with Crippen LogP contribution in [0.1, 0.15) is 32.2 Å². The Morgan fingerprint density at radius 1 is 1.26 bits per heavy atom. The van der Waals surface area contributed by atoms with E-state index in [1.807, 2.05) is 17.6 Å². The molecule has 0 radical (unpaired) electrons. The number of halogens is 1. The summed E-state index contributed by atoms with van der Waals surface area (Å²) in [7, 11) is 1.51. The fourth-order valence-electron chi connectivity index (χ4n) is 2.65. The van der Waals surface area contributed by atoms with Crippen molar-refractivity contribution >= 4 is 18.2 Å². The third-order valence-corrected chi connectivity index (χ3v) is 3.95. The van der Waals surface area contributed by atoms with Crippen molar-refractivity contribution in [1.82, 2.24) is 19.5 Å². The lowest BCUT2D eigenvalue weighted by atomic mass is 10.1. The van der Waals surface area contributed by atoms with Crippen molar-refractivity contribution in [3.8, 4) is 23.0 Å². The Bertz CT molecular complexity index is 891. The Kier molecular flexibility index (Phi) is 6.12. The number of phenolic OH excluding ortho intramolecular Hbond substituents is 1. The minimum absolute atomic E-state index is 0. The number of nitrogens with one attached hydrogen (secondary N) is 1. The molecule has 0 aliphatic carbocycles. The second-order valence-electron chi connectivity index (χ2n) is 6.54. The van der Waals surface area contributed by atoms with Crippen molar-refractivity contribution in [2.24, 2.45) is 0 Å². The molecule has 0 fully saturated rings. The van der Waals surface area contributed by atoms with Crippen molar-refractivity contribution in [3.63, 3.8) is 0 Å². The van der Waals surface area contributed by atoms with Gasteiger partial charge in [-0.15, -0.1) is 12.4 Å². The quantitative estimate of drug-likeness (QED) is 0.591. The molecule has 0 amide bonds. The number of aromatic nitrogens is 4. The molecule has 2 aliphatic rings. The molecule has 27 heavy (non-hydrogen) atoms. The largest absolute Gasteiger partial charge is 0.504 e. The molecule has 2 aliphatic heterocycles. The van der Waals surface area contributed by atoms with E-state index in [9.17, 15) is 10.2 Å². The van der Waals surface area contributed by atoms with Crippen molar-refractivity contribution in [3.05, 3.63) is 35.9 Å². The topological polar surface area (TPSA) is 105 Å². The van der Waals surface area contributed by atoms with Gasteiger partial charge in [0.25, 0.3) is 0 Å². The number of hydrogen-bond donors (Lipinski definition) is 3. The molecule has 146 valence electrons. The molecule has 1 aromatic carbocycles. The summed E-state index contributed by atoms with van der Waals surface area (Å²) in [6, 6.07) is 5.22. The number of rotatable bonds is 6. The van der Waals surface area contributed by atoms with Crippen molar-refractivity contribution in [2.75, 3.05) is 19.0 Å². The summed E-state index contributed by atoms with van der Waals surface area (Å²) >= 11 is 0. The Hall–Kier alpha value is -2.58. The van der Waals surface area contributed by atoms with Gasteiger partial charge < -0.3 is 24.8 Å². The lowest BCUT2D eigenvalue weighted by molar-refractivity contribution is 0.0698. The predicted octanol–water partition coefficient (Wildman–Crippen LogP) is 2.62. The van der Waals surface area contributed by atoms with Gasteiger partial charge in [-0.1, -0.05) is 6.07 Å². The number of hydrogen-bond acceptors (Lipinski definition) is 7. The maximum absolute atomic E-state index is 10.3. The highest BCUT2D eigenvalue weighted by atomic mass is 35.5. The SMILES string of the molecule is CCNc1ncn(Cc2ccc(OC)c(O)c2)c2nc(C(C)(C)O)nc1-2.Cl. The number of anilines is 1. The molecule has 9 heteroatoms. The number of imidazole rings is 1. The van der Waals surface area contributed by atoms with Gasteiger partial charge >= 0.3 is 0 Å². The van der Waals surface area contributed by atoms with Crippen LogP contribution in [0.4, 0.5) is 5.82 Å². The minimum atomic E-state index is -1.15. The van der Waals surface area contributed by atoms with Crippen LogP contribution in [-0.4, -0.2) is 43.4 Å². The van der Waals surface area contributed by atoms with E-state index in [-0.39, 0.29) is 18.2 Å². The van der Waals surface area contributed by atoms with E-state index in [0.29, 0.717) is 42.0 Å². The zero-order valence-electron chi connectivity index (χ0n) is 15.7. The number of fused-ring (bicyclic) bond motifs is 1. The zero-order valence-corrected chi connectivity index (χ0v) is 16.5. The van der Waals surface area contributed by atoms with Gasteiger partial charge in [0.05, 0.1) is 20.0 Å². The van der Waals surface area contributed by atoms with Gasteiger partial charge in [0.2, 0.25) is 0 Å². The van der Waals surface area contributed by atoms with Gasteiger partial charge in [0.15, 0.2) is 34.7 Å². The van der Waals surface area contributed by atoms with E-state index in [4.69, 9.17) is 4.74 Å². The molecule has 0 atom stereocenters. The first-order chi connectivity index (χ1) is 12.3. The number of aromatic hydroxyl groups is 1. The molecule has 1 aromatic rings. The van der Waals surface area contributed by atoms with Gasteiger partial charge in [-0.3, -0.25) is 0 Å². The van der Waals surface area contributed by atoms with Crippen LogP contribution < -0.4 is 10.1 Å². The van der Waals surface area contributed by atoms with E-state index in [0.717, 1.165) is 5.56 Å². The molecule has 0 bridgehead atoms. The number of methoxy groups -OCH3 is 1. The van der Waals surface area contributed by atoms with Crippen LogP contribution >= 0.6 is 12.4 Å². The summed E-state index contributed by atoms with van der Waals surface area (Å²) < 4.78 is 6.91. The van der Waals surface area contributed by atoms with E-state index >= 15 is 0 Å². The molecule has 3 rings (SSSR count). The average molecular weight is 394 g/mol. The molecule has 0 aromatic heterocycles. The highest BCUT2D eigenvalue weighted by Gasteiger charge is 2.27. The second-order valence-corrected chi connectivity index (χ2v) is 6.54. The van der Waals surface area contributed by atoms with Gasteiger partial charge in [0.1, 0.15) is 5.60 Å². The molecule has 0 unspecified atom stereocenters. The lowest BCUT2D eigenvalue weighted by Gasteiger charge is -2.14. The maximum atomic E-state index is 10.3. The molecule has 8 nitrogen and oxygen atoms in total. The van der Waals surface area contributed by atoms with E-state index in [1.165, 1.54) is 7.11 Å². The summed E-state index contributed by atoms with van der Waals surface area (Å²) in [5.74, 6) is 2.07. The Morgan fingerprint density at radius 2 is 2.00 bits per heavy atom. The van der Waals surface area contributed by atoms with Crippen LogP contribution in [0.3, 0.4) is 0 Å². The molecular formula is C18H24ClN5O3. The van der Waals surface area contributed by atoms with Crippen molar-refractivity contribution < 1.29 is 14.9 Å². The first kappa shape index (κ1) is 20.7. The van der Waals surface area contributed by atoms with Gasteiger partial charge in [-0.25, -0.2) is 15.0 Å². The Labute approximate surface area is 164 Å².